The third-order valence-electron chi connectivity index (χ3n) is 2.30. The van der Waals surface area contributed by atoms with Gasteiger partial charge in [0.25, 0.3) is 0 Å². The van der Waals surface area contributed by atoms with Crippen molar-refractivity contribution >= 4 is 0 Å². The van der Waals surface area contributed by atoms with Crippen LogP contribution < -0.4 is 5.32 Å². The maximum Gasteiger partial charge on any atom is 0.389 e. The van der Waals surface area contributed by atoms with Gasteiger partial charge in [0, 0.05) is 18.5 Å². The number of alkyl halides is 3. The minimum Gasteiger partial charge on any atom is -0.313 e. The van der Waals surface area contributed by atoms with Crippen LogP contribution in [0.3, 0.4) is 0 Å². The molecular weight excluding hydrogens is 248 g/mol. The average molecular weight is 260 g/mol. The van der Waals surface area contributed by atoms with Crippen LogP contribution in [-0.2, 0) is 6.54 Å². The molecule has 0 aromatic heterocycles. The van der Waals surface area contributed by atoms with Gasteiger partial charge in [-0.3, -0.25) is 0 Å². The summed E-state index contributed by atoms with van der Waals surface area (Å²) in [5.41, 5.74) is 0.601. The molecule has 1 aromatic rings. The van der Waals surface area contributed by atoms with Gasteiger partial charge in [0.15, 0.2) is 0 Å². The molecule has 0 unspecified atom stereocenters. The Morgan fingerprint density at radius 1 is 1.28 bits per heavy atom. The largest absolute Gasteiger partial charge is 0.389 e. The summed E-state index contributed by atoms with van der Waals surface area (Å²) in [4.78, 5) is 0. The van der Waals surface area contributed by atoms with Crippen LogP contribution in [-0.4, -0.2) is 12.7 Å². The predicted molar refractivity (Wildman–Crippen MR) is 58.1 cm³/mol. The van der Waals surface area contributed by atoms with Crippen LogP contribution in [0.5, 0.6) is 0 Å². The molecule has 0 atom stereocenters. The van der Waals surface area contributed by atoms with E-state index in [1.807, 2.05) is 6.07 Å². The summed E-state index contributed by atoms with van der Waals surface area (Å²) in [5, 5.41) is 11.4. The highest BCUT2D eigenvalue weighted by molar-refractivity contribution is 5.33. The number of benzene rings is 1. The summed E-state index contributed by atoms with van der Waals surface area (Å²) >= 11 is 0. The van der Waals surface area contributed by atoms with E-state index in [0.717, 1.165) is 0 Å². The highest BCUT2D eigenvalue weighted by Crippen LogP contribution is 2.20. The van der Waals surface area contributed by atoms with Crippen molar-refractivity contribution in [3.8, 4) is 6.07 Å². The van der Waals surface area contributed by atoms with Gasteiger partial charge in [-0.15, -0.1) is 0 Å². The van der Waals surface area contributed by atoms with Crippen molar-refractivity contribution in [2.24, 2.45) is 0 Å². The first-order valence-corrected chi connectivity index (χ1v) is 5.38. The lowest BCUT2D eigenvalue weighted by atomic mass is 10.1. The number of hydrogen-bond acceptors (Lipinski definition) is 2. The molecule has 0 radical (unpaired) electrons. The first kappa shape index (κ1) is 14.5. The fourth-order valence-corrected chi connectivity index (χ4v) is 1.42. The smallest absolute Gasteiger partial charge is 0.313 e. The van der Waals surface area contributed by atoms with Gasteiger partial charge in [0.1, 0.15) is 5.82 Å². The Morgan fingerprint density at radius 3 is 2.61 bits per heavy atom. The van der Waals surface area contributed by atoms with Crippen LogP contribution in [0.15, 0.2) is 18.2 Å². The molecule has 98 valence electrons. The summed E-state index contributed by atoms with van der Waals surface area (Å²) in [7, 11) is 0. The third-order valence-corrected chi connectivity index (χ3v) is 2.30. The van der Waals surface area contributed by atoms with Crippen LogP contribution in [0.4, 0.5) is 17.6 Å². The number of nitriles is 1. The Labute approximate surface area is 102 Å². The van der Waals surface area contributed by atoms with E-state index in [2.05, 4.69) is 5.32 Å². The quantitative estimate of drug-likeness (QED) is 0.652. The number of hydrogen-bond donors (Lipinski definition) is 1. The molecule has 0 aliphatic rings. The van der Waals surface area contributed by atoms with Crippen LogP contribution in [0, 0.1) is 17.1 Å². The molecule has 0 aliphatic carbocycles. The lowest BCUT2D eigenvalue weighted by molar-refractivity contribution is -0.135. The molecule has 1 rings (SSSR count). The molecule has 6 heteroatoms. The Bertz CT molecular complexity index is 435. The van der Waals surface area contributed by atoms with Gasteiger partial charge in [-0.1, -0.05) is 0 Å². The van der Waals surface area contributed by atoms with E-state index in [1.165, 1.54) is 18.2 Å². The molecule has 2 nitrogen and oxygen atoms in total. The van der Waals surface area contributed by atoms with Crippen LogP contribution >= 0.6 is 0 Å². The van der Waals surface area contributed by atoms with Crippen molar-refractivity contribution in [1.29, 1.82) is 5.26 Å². The van der Waals surface area contributed by atoms with Crippen LogP contribution in [0.2, 0.25) is 0 Å². The zero-order chi connectivity index (χ0) is 13.6. The van der Waals surface area contributed by atoms with Gasteiger partial charge in [-0.25, -0.2) is 4.39 Å². The van der Waals surface area contributed by atoms with E-state index in [4.69, 9.17) is 5.26 Å². The van der Waals surface area contributed by atoms with Crippen molar-refractivity contribution in [2.45, 2.75) is 25.6 Å². The normalized spacial score (nSPS) is 11.3. The molecule has 1 N–H and O–H groups in total. The highest BCUT2D eigenvalue weighted by Gasteiger charge is 2.25. The molecule has 0 fully saturated rings. The summed E-state index contributed by atoms with van der Waals surface area (Å²) in [5.74, 6) is -0.475. The number of nitrogens with one attached hydrogen (secondary N) is 1. The second-order valence-electron chi connectivity index (χ2n) is 3.81. The molecule has 0 saturated carbocycles. The number of rotatable bonds is 5. The van der Waals surface area contributed by atoms with E-state index >= 15 is 0 Å². The second-order valence-corrected chi connectivity index (χ2v) is 3.81. The van der Waals surface area contributed by atoms with Crippen molar-refractivity contribution in [2.75, 3.05) is 6.54 Å². The SMILES string of the molecule is N#Cc1ccc(F)c(CNCCCC(F)(F)F)c1. The molecule has 0 bridgehead atoms. The molecule has 0 aliphatic heterocycles. The van der Waals surface area contributed by atoms with Crippen molar-refractivity contribution in [3.63, 3.8) is 0 Å². The lowest BCUT2D eigenvalue weighted by Gasteiger charge is -2.08. The van der Waals surface area contributed by atoms with Crippen molar-refractivity contribution in [3.05, 3.63) is 35.1 Å². The minimum atomic E-state index is -4.16. The monoisotopic (exact) mass is 260 g/mol. The maximum atomic E-state index is 13.3. The predicted octanol–water partition coefficient (Wildman–Crippen LogP) is 3.13. The van der Waals surface area contributed by atoms with Crippen LogP contribution in [0.1, 0.15) is 24.0 Å². The first-order chi connectivity index (χ1) is 8.42. The summed E-state index contributed by atoms with van der Waals surface area (Å²) in [6.45, 7) is 0.259. The first-order valence-electron chi connectivity index (χ1n) is 5.38. The lowest BCUT2D eigenvalue weighted by Crippen LogP contribution is -2.18. The van der Waals surface area contributed by atoms with E-state index in [-0.39, 0.29) is 25.1 Å². The van der Waals surface area contributed by atoms with Gasteiger partial charge in [0.2, 0.25) is 0 Å². The van der Waals surface area contributed by atoms with Crippen molar-refractivity contribution < 1.29 is 17.6 Å². The molecule has 0 saturated heterocycles. The molecule has 0 amide bonds. The fourth-order valence-electron chi connectivity index (χ4n) is 1.42. The van der Waals surface area contributed by atoms with Gasteiger partial charge < -0.3 is 5.32 Å². The van der Waals surface area contributed by atoms with Gasteiger partial charge >= 0.3 is 6.18 Å². The Hall–Kier alpha value is -1.61. The van der Waals surface area contributed by atoms with Gasteiger partial charge in [-0.05, 0) is 31.2 Å². The molecule has 0 heterocycles. The summed E-state index contributed by atoms with van der Waals surface area (Å²) < 4.78 is 48.8. The van der Waals surface area contributed by atoms with E-state index in [0.29, 0.717) is 5.56 Å². The standard InChI is InChI=1S/C12H12F4N2/c13-11-3-2-9(7-17)6-10(11)8-18-5-1-4-12(14,15)16/h2-3,6,18H,1,4-5,8H2. The topological polar surface area (TPSA) is 35.8 Å². The minimum absolute atomic E-state index is 0.0525. The van der Waals surface area contributed by atoms with Gasteiger partial charge in [0.05, 0.1) is 11.6 Å². The Balaban J connectivity index is 2.38. The number of nitrogens with zero attached hydrogens (tertiary/aromatic N) is 1. The molecule has 0 spiro atoms. The van der Waals surface area contributed by atoms with E-state index in [9.17, 15) is 17.6 Å². The Kier molecular flexibility index (Phi) is 5.10. The summed E-state index contributed by atoms with van der Waals surface area (Å²) in [6, 6.07) is 5.78. The third kappa shape index (κ3) is 5.15. The van der Waals surface area contributed by atoms with Crippen molar-refractivity contribution in [1.82, 2.24) is 5.32 Å². The molecular formula is C12H12F4N2. The zero-order valence-electron chi connectivity index (χ0n) is 9.52. The highest BCUT2D eigenvalue weighted by atomic mass is 19.4. The number of halogens is 4. The van der Waals surface area contributed by atoms with E-state index < -0.39 is 18.4 Å². The molecule has 18 heavy (non-hydrogen) atoms. The average Bonchev–Trinajstić information content (AvgIpc) is 2.29. The summed E-state index contributed by atoms with van der Waals surface area (Å²) in [6.07, 6.45) is -5.07. The second kappa shape index (κ2) is 6.36. The Morgan fingerprint density at radius 2 is 2.00 bits per heavy atom. The molecule has 1 aromatic carbocycles. The zero-order valence-corrected chi connectivity index (χ0v) is 9.52. The maximum absolute atomic E-state index is 13.3. The van der Waals surface area contributed by atoms with Crippen LogP contribution in [0.25, 0.3) is 0 Å². The van der Waals surface area contributed by atoms with Gasteiger partial charge in [-0.2, -0.15) is 18.4 Å². The fraction of sp³-hybridized carbons (Fsp3) is 0.417. The van der Waals surface area contributed by atoms with E-state index in [1.54, 1.807) is 0 Å².